The fourth-order valence-electron chi connectivity index (χ4n) is 2.08. The van der Waals surface area contributed by atoms with Crippen molar-refractivity contribution in [3.63, 3.8) is 0 Å². The predicted octanol–water partition coefficient (Wildman–Crippen LogP) is 4.96. The van der Waals surface area contributed by atoms with Gasteiger partial charge < -0.3 is 8.83 Å². The summed E-state index contributed by atoms with van der Waals surface area (Å²) in [7, 11) is 0. The number of aryl methyl sites for hydroxylation is 2. The first-order chi connectivity index (χ1) is 10.9. The van der Waals surface area contributed by atoms with Crippen LogP contribution in [0.1, 0.15) is 23.0 Å². The summed E-state index contributed by atoms with van der Waals surface area (Å²) in [5.41, 5.74) is 1.06. The lowest BCUT2D eigenvalue weighted by Gasteiger charge is -1.96. The number of rotatable bonds is 3. The lowest BCUT2D eigenvalue weighted by molar-refractivity contribution is 0.502. The fraction of sp³-hybridized carbons (Fsp3) is 0.125. The standard InChI is InChI=1S/C16H11ClF2N2O2/c1-8-5-11(9(2)22-8)15-20-21-16(23-15)12(17)6-10-3-4-13(18)14(19)7-10/h3-7H,1-2H3/b12-6-. The minimum absolute atomic E-state index is 0.0738. The van der Waals surface area contributed by atoms with Crippen LogP contribution in [0.3, 0.4) is 0 Å². The van der Waals surface area contributed by atoms with Crippen LogP contribution in [0, 0.1) is 25.5 Å². The van der Waals surface area contributed by atoms with E-state index in [0.717, 1.165) is 17.9 Å². The Morgan fingerprint density at radius 3 is 2.52 bits per heavy atom. The Balaban J connectivity index is 1.91. The van der Waals surface area contributed by atoms with Gasteiger partial charge in [-0.05, 0) is 43.7 Å². The maximum Gasteiger partial charge on any atom is 0.259 e. The second kappa shape index (κ2) is 5.96. The van der Waals surface area contributed by atoms with E-state index in [-0.39, 0.29) is 16.8 Å². The summed E-state index contributed by atoms with van der Waals surface area (Å²) in [6.07, 6.45) is 1.41. The Hall–Kier alpha value is -2.47. The molecule has 0 aliphatic rings. The predicted molar refractivity (Wildman–Crippen MR) is 81.6 cm³/mol. The number of aromatic nitrogens is 2. The normalized spacial score (nSPS) is 12.0. The van der Waals surface area contributed by atoms with Crippen molar-refractivity contribution in [1.29, 1.82) is 0 Å². The first-order valence-electron chi connectivity index (χ1n) is 6.67. The molecule has 0 fully saturated rings. The van der Waals surface area contributed by atoms with Gasteiger partial charge in [0.05, 0.1) is 5.56 Å². The van der Waals surface area contributed by atoms with Crippen molar-refractivity contribution in [3.05, 3.63) is 58.9 Å². The van der Waals surface area contributed by atoms with Gasteiger partial charge in [-0.1, -0.05) is 17.7 Å². The quantitative estimate of drug-likeness (QED) is 0.678. The maximum atomic E-state index is 13.2. The van der Waals surface area contributed by atoms with E-state index in [2.05, 4.69) is 10.2 Å². The van der Waals surface area contributed by atoms with Gasteiger partial charge in [-0.2, -0.15) is 0 Å². The zero-order chi connectivity index (χ0) is 16.6. The van der Waals surface area contributed by atoms with E-state index < -0.39 is 11.6 Å². The van der Waals surface area contributed by atoms with Crippen molar-refractivity contribution >= 4 is 22.7 Å². The first-order valence-corrected chi connectivity index (χ1v) is 7.05. The van der Waals surface area contributed by atoms with Gasteiger partial charge in [0.2, 0.25) is 0 Å². The number of hydrogen-bond acceptors (Lipinski definition) is 4. The highest BCUT2D eigenvalue weighted by molar-refractivity contribution is 6.50. The van der Waals surface area contributed by atoms with Crippen molar-refractivity contribution in [2.24, 2.45) is 0 Å². The molecule has 2 heterocycles. The van der Waals surface area contributed by atoms with Crippen molar-refractivity contribution < 1.29 is 17.6 Å². The number of furan rings is 1. The van der Waals surface area contributed by atoms with Gasteiger partial charge in [-0.3, -0.25) is 0 Å². The highest BCUT2D eigenvalue weighted by Gasteiger charge is 2.16. The lowest BCUT2D eigenvalue weighted by Crippen LogP contribution is -1.84. The van der Waals surface area contributed by atoms with Crippen molar-refractivity contribution in [1.82, 2.24) is 10.2 Å². The van der Waals surface area contributed by atoms with E-state index in [1.54, 1.807) is 13.0 Å². The zero-order valence-electron chi connectivity index (χ0n) is 12.2. The molecule has 0 radical (unpaired) electrons. The highest BCUT2D eigenvalue weighted by Crippen LogP contribution is 2.28. The molecule has 0 saturated carbocycles. The van der Waals surface area contributed by atoms with Crippen molar-refractivity contribution in [2.45, 2.75) is 13.8 Å². The van der Waals surface area contributed by atoms with E-state index >= 15 is 0 Å². The topological polar surface area (TPSA) is 52.1 Å². The molecule has 118 valence electrons. The third-order valence-corrected chi connectivity index (χ3v) is 3.41. The van der Waals surface area contributed by atoms with E-state index in [1.165, 1.54) is 12.1 Å². The molecule has 3 rings (SSSR count). The molecule has 23 heavy (non-hydrogen) atoms. The summed E-state index contributed by atoms with van der Waals surface area (Å²) in [5, 5.41) is 7.89. The first kappa shape index (κ1) is 15.4. The highest BCUT2D eigenvalue weighted by atomic mass is 35.5. The van der Waals surface area contributed by atoms with Gasteiger partial charge in [0, 0.05) is 0 Å². The Bertz CT molecular complexity index is 899. The SMILES string of the molecule is Cc1cc(-c2nnc(/C(Cl)=C/c3ccc(F)c(F)c3)o2)c(C)o1. The minimum atomic E-state index is -0.959. The van der Waals surface area contributed by atoms with Crippen LogP contribution in [-0.2, 0) is 0 Å². The largest absolute Gasteiger partial charge is 0.466 e. The molecule has 2 aromatic heterocycles. The van der Waals surface area contributed by atoms with Gasteiger partial charge >= 0.3 is 0 Å². The molecule has 0 amide bonds. The summed E-state index contributed by atoms with van der Waals surface area (Å²) in [5.74, 6) is -0.169. The zero-order valence-corrected chi connectivity index (χ0v) is 13.0. The van der Waals surface area contributed by atoms with Gasteiger partial charge in [0.15, 0.2) is 11.6 Å². The molecule has 0 N–H and O–H groups in total. The average Bonchev–Trinajstić information content (AvgIpc) is 3.09. The molecule has 0 unspecified atom stereocenters. The monoisotopic (exact) mass is 336 g/mol. The molecule has 3 aromatic rings. The van der Waals surface area contributed by atoms with E-state index in [0.29, 0.717) is 16.9 Å². The molecule has 7 heteroatoms. The van der Waals surface area contributed by atoms with Crippen LogP contribution < -0.4 is 0 Å². The summed E-state index contributed by atoms with van der Waals surface area (Å²) < 4.78 is 37.0. The molecule has 0 aliphatic heterocycles. The Kier molecular flexibility index (Phi) is 4.00. The molecule has 0 bridgehead atoms. The smallest absolute Gasteiger partial charge is 0.259 e. The second-order valence-corrected chi connectivity index (χ2v) is 5.31. The lowest BCUT2D eigenvalue weighted by atomic mass is 10.2. The molecule has 0 aliphatic carbocycles. The molecular formula is C16H11ClF2N2O2. The summed E-state index contributed by atoms with van der Waals surface area (Å²) in [4.78, 5) is 0. The van der Waals surface area contributed by atoms with Crippen LogP contribution in [0.15, 0.2) is 33.1 Å². The van der Waals surface area contributed by atoms with Crippen LogP contribution in [-0.4, -0.2) is 10.2 Å². The maximum absolute atomic E-state index is 13.2. The second-order valence-electron chi connectivity index (χ2n) is 4.91. The molecule has 0 atom stereocenters. The van der Waals surface area contributed by atoms with Crippen molar-refractivity contribution in [3.8, 4) is 11.5 Å². The van der Waals surface area contributed by atoms with Gasteiger partial charge in [0.25, 0.3) is 11.8 Å². The fourth-order valence-corrected chi connectivity index (χ4v) is 2.28. The Labute approximate surface area is 135 Å². The molecule has 0 saturated heterocycles. The number of nitrogens with zero attached hydrogens (tertiary/aromatic N) is 2. The average molecular weight is 337 g/mol. The van der Waals surface area contributed by atoms with E-state index in [1.807, 2.05) is 6.92 Å². The Morgan fingerprint density at radius 1 is 1.09 bits per heavy atom. The van der Waals surface area contributed by atoms with Crippen LogP contribution in [0.4, 0.5) is 8.78 Å². The van der Waals surface area contributed by atoms with Crippen LogP contribution in [0.2, 0.25) is 0 Å². The van der Waals surface area contributed by atoms with Gasteiger partial charge in [-0.15, -0.1) is 10.2 Å². The van der Waals surface area contributed by atoms with E-state index in [4.69, 9.17) is 20.4 Å². The number of benzene rings is 1. The molecule has 1 aromatic carbocycles. The third kappa shape index (κ3) is 3.17. The molecule has 0 spiro atoms. The van der Waals surface area contributed by atoms with Gasteiger partial charge in [-0.25, -0.2) is 8.78 Å². The molecule has 4 nitrogen and oxygen atoms in total. The molecular weight excluding hydrogens is 326 g/mol. The van der Waals surface area contributed by atoms with Crippen molar-refractivity contribution in [2.75, 3.05) is 0 Å². The van der Waals surface area contributed by atoms with Crippen LogP contribution in [0.25, 0.3) is 22.6 Å². The number of halogens is 3. The van der Waals surface area contributed by atoms with E-state index in [9.17, 15) is 8.78 Å². The van der Waals surface area contributed by atoms with Crippen LogP contribution >= 0.6 is 11.6 Å². The van der Waals surface area contributed by atoms with Gasteiger partial charge in [0.1, 0.15) is 16.6 Å². The Morgan fingerprint density at radius 2 is 1.87 bits per heavy atom. The van der Waals surface area contributed by atoms with Crippen LogP contribution in [0.5, 0.6) is 0 Å². The minimum Gasteiger partial charge on any atom is -0.466 e. The summed E-state index contributed by atoms with van der Waals surface area (Å²) in [6.45, 7) is 3.59. The summed E-state index contributed by atoms with van der Waals surface area (Å²) in [6, 6.07) is 5.21. The number of hydrogen-bond donors (Lipinski definition) is 0. The third-order valence-electron chi connectivity index (χ3n) is 3.14. The summed E-state index contributed by atoms with van der Waals surface area (Å²) >= 11 is 6.10.